The van der Waals surface area contributed by atoms with Crippen molar-refractivity contribution in [3.05, 3.63) is 28.2 Å². The van der Waals surface area contributed by atoms with Gasteiger partial charge in [0.1, 0.15) is 5.75 Å². The highest BCUT2D eigenvalue weighted by Gasteiger charge is 2.31. The Bertz CT molecular complexity index is 459. The second kappa shape index (κ2) is 6.42. The molecular weight excluding hydrogens is 308 g/mol. The number of hydrogen-bond donors (Lipinski definition) is 1. The topological polar surface area (TPSA) is 46.5 Å². The summed E-state index contributed by atoms with van der Waals surface area (Å²) in [6.07, 6.45) is 4.73. The minimum Gasteiger partial charge on any atom is -0.496 e. The lowest BCUT2D eigenvalue weighted by Crippen LogP contribution is -2.28. The van der Waals surface area contributed by atoms with Crippen LogP contribution >= 0.6 is 15.9 Å². The number of methoxy groups -OCH3 is 1. The summed E-state index contributed by atoms with van der Waals surface area (Å²) in [7, 11) is 1.66. The molecule has 2 atom stereocenters. The summed E-state index contributed by atoms with van der Waals surface area (Å²) in [5.41, 5.74) is 1.09. The molecule has 0 saturated heterocycles. The Morgan fingerprint density at radius 2 is 2.16 bits per heavy atom. The van der Waals surface area contributed by atoms with Gasteiger partial charge < -0.3 is 9.84 Å². The summed E-state index contributed by atoms with van der Waals surface area (Å²) in [5.74, 6) is 0.198. The average molecular weight is 327 g/mol. The zero-order chi connectivity index (χ0) is 13.8. The summed E-state index contributed by atoms with van der Waals surface area (Å²) < 4.78 is 6.37. The standard InChI is InChI=1S/C15H19BrO3/c1-19-14-7-6-12(16)9-11(14)8-10-4-2-3-5-13(10)15(17)18/h6-7,9-10,13H,2-5,8H2,1H3,(H,17,18). The van der Waals surface area contributed by atoms with E-state index in [9.17, 15) is 9.90 Å². The van der Waals surface area contributed by atoms with Crippen LogP contribution < -0.4 is 4.74 Å². The van der Waals surface area contributed by atoms with Gasteiger partial charge in [-0.2, -0.15) is 0 Å². The minimum absolute atomic E-state index is 0.211. The molecule has 2 rings (SSSR count). The molecule has 1 aromatic carbocycles. The van der Waals surface area contributed by atoms with Gasteiger partial charge in [0, 0.05) is 4.47 Å². The van der Waals surface area contributed by atoms with Crippen molar-refractivity contribution in [2.24, 2.45) is 11.8 Å². The Hall–Kier alpha value is -1.03. The average Bonchev–Trinajstić information content (AvgIpc) is 2.39. The van der Waals surface area contributed by atoms with Crippen molar-refractivity contribution < 1.29 is 14.6 Å². The summed E-state index contributed by atoms with van der Waals surface area (Å²) >= 11 is 3.46. The first-order valence-electron chi connectivity index (χ1n) is 6.67. The van der Waals surface area contributed by atoms with E-state index < -0.39 is 5.97 Å². The fourth-order valence-electron chi connectivity index (χ4n) is 2.97. The fourth-order valence-corrected chi connectivity index (χ4v) is 3.37. The molecule has 1 aliphatic rings. The molecule has 1 aliphatic carbocycles. The molecule has 1 fully saturated rings. The van der Waals surface area contributed by atoms with E-state index in [-0.39, 0.29) is 11.8 Å². The molecule has 1 N–H and O–H groups in total. The molecule has 2 unspecified atom stereocenters. The highest BCUT2D eigenvalue weighted by atomic mass is 79.9. The number of carbonyl (C=O) groups is 1. The van der Waals surface area contributed by atoms with Gasteiger partial charge in [0.25, 0.3) is 0 Å². The Morgan fingerprint density at radius 1 is 1.42 bits per heavy atom. The van der Waals surface area contributed by atoms with E-state index in [1.165, 1.54) is 0 Å². The van der Waals surface area contributed by atoms with Crippen LogP contribution in [-0.2, 0) is 11.2 Å². The largest absolute Gasteiger partial charge is 0.496 e. The molecule has 0 aromatic heterocycles. The van der Waals surface area contributed by atoms with Gasteiger partial charge in [-0.15, -0.1) is 0 Å². The van der Waals surface area contributed by atoms with Gasteiger partial charge in [0.2, 0.25) is 0 Å². The highest BCUT2D eigenvalue weighted by Crippen LogP contribution is 2.35. The monoisotopic (exact) mass is 326 g/mol. The first kappa shape index (κ1) is 14.4. The van der Waals surface area contributed by atoms with Gasteiger partial charge in [0.05, 0.1) is 13.0 Å². The quantitative estimate of drug-likeness (QED) is 0.912. The van der Waals surface area contributed by atoms with E-state index in [1.807, 2.05) is 18.2 Å². The van der Waals surface area contributed by atoms with Crippen molar-refractivity contribution >= 4 is 21.9 Å². The van der Waals surface area contributed by atoms with Crippen molar-refractivity contribution in [1.29, 1.82) is 0 Å². The molecule has 4 heteroatoms. The van der Waals surface area contributed by atoms with E-state index in [1.54, 1.807) is 7.11 Å². The SMILES string of the molecule is COc1ccc(Br)cc1CC1CCCCC1C(=O)O. The van der Waals surface area contributed by atoms with Crippen LogP contribution in [-0.4, -0.2) is 18.2 Å². The second-order valence-corrected chi connectivity index (χ2v) is 6.07. The van der Waals surface area contributed by atoms with E-state index in [4.69, 9.17) is 4.74 Å². The second-order valence-electron chi connectivity index (χ2n) is 5.15. The maximum Gasteiger partial charge on any atom is 0.306 e. The molecule has 0 bridgehead atoms. The van der Waals surface area contributed by atoms with Crippen LogP contribution in [0.2, 0.25) is 0 Å². The lowest BCUT2D eigenvalue weighted by molar-refractivity contribution is -0.144. The summed E-state index contributed by atoms with van der Waals surface area (Å²) in [5, 5.41) is 9.33. The molecule has 104 valence electrons. The molecule has 0 heterocycles. The third kappa shape index (κ3) is 3.50. The number of aliphatic carboxylic acids is 1. The summed E-state index contributed by atoms with van der Waals surface area (Å²) in [6.45, 7) is 0. The third-order valence-corrected chi connectivity index (χ3v) is 4.44. The lowest BCUT2D eigenvalue weighted by Gasteiger charge is -2.29. The molecule has 0 amide bonds. The van der Waals surface area contributed by atoms with Crippen molar-refractivity contribution in [1.82, 2.24) is 0 Å². The predicted octanol–water partition coefficient (Wildman–Crippen LogP) is 3.89. The summed E-state index contributed by atoms with van der Waals surface area (Å²) in [6, 6.07) is 5.91. The lowest BCUT2D eigenvalue weighted by atomic mass is 9.76. The Morgan fingerprint density at radius 3 is 2.84 bits per heavy atom. The van der Waals surface area contributed by atoms with Crippen molar-refractivity contribution in [3.8, 4) is 5.75 Å². The predicted molar refractivity (Wildman–Crippen MR) is 77.5 cm³/mol. The third-order valence-electron chi connectivity index (χ3n) is 3.95. The van der Waals surface area contributed by atoms with E-state index in [0.717, 1.165) is 47.9 Å². The van der Waals surface area contributed by atoms with E-state index in [2.05, 4.69) is 15.9 Å². The number of carboxylic acids is 1. The molecule has 1 aromatic rings. The zero-order valence-electron chi connectivity index (χ0n) is 11.1. The zero-order valence-corrected chi connectivity index (χ0v) is 12.6. The molecule has 1 saturated carbocycles. The van der Waals surface area contributed by atoms with Gasteiger partial charge in [-0.1, -0.05) is 28.8 Å². The Kier molecular flexibility index (Phi) is 4.86. The van der Waals surface area contributed by atoms with Gasteiger partial charge in [-0.3, -0.25) is 4.79 Å². The first-order valence-corrected chi connectivity index (χ1v) is 7.46. The number of benzene rings is 1. The maximum atomic E-state index is 11.3. The first-order chi connectivity index (χ1) is 9.11. The molecule has 0 spiro atoms. The fraction of sp³-hybridized carbons (Fsp3) is 0.533. The Balaban J connectivity index is 2.18. The number of ether oxygens (including phenoxy) is 1. The number of hydrogen-bond acceptors (Lipinski definition) is 2. The molecule has 3 nitrogen and oxygen atoms in total. The van der Waals surface area contributed by atoms with Crippen LogP contribution in [0.4, 0.5) is 0 Å². The number of halogens is 1. The number of rotatable bonds is 4. The van der Waals surface area contributed by atoms with Crippen molar-refractivity contribution in [3.63, 3.8) is 0 Å². The van der Waals surface area contributed by atoms with Crippen molar-refractivity contribution in [2.75, 3.05) is 7.11 Å². The van der Waals surface area contributed by atoms with Crippen LogP contribution in [0, 0.1) is 11.8 Å². The normalized spacial score (nSPS) is 23.1. The molecular formula is C15H19BrO3. The number of carboxylic acid groups (broad SMARTS) is 1. The maximum absolute atomic E-state index is 11.3. The smallest absolute Gasteiger partial charge is 0.306 e. The van der Waals surface area contributed by atoms with Gasteiger partial charge >= 0.3 is 5.97 Å². The van der Waals surface area contributed by atoms with Crippen LogP contribution in [0.1, 0.15) is 31.2 Å². The van der Waals surface area contributed by atoms with Gasteiger partial charge in [-0.25, -0.2) is 0 Å². The Labute approximate surface area is 122 Å². The van der Waals surface area contributed by atoms with E-state index in [0.29, 0.717) is 0 Å². The van der Waals surface area contributed by atoms with Crippen LogP contribution in [0.25, 0.3) is 0 Å². The van der Waals surface area contributed by atoms with Gasteiger partial charge in [-0.05, 0) is 48.9 Å². The van der Waals surface area contributed by atoms with E-state index >= 15 is 0 Å². The van der Waals surface area contributed by atoms with Crippen molar-refractivity contribution in [2.45, 2.75) is 32.1 Å². The van der Waals surface area contributed by atoms with Gasteiger partial charge in [0.15, 0.2) is 0 Å². The summed E-state index contributed by atoms with van der Waals surface area (Å²) in [4.78, 5) is 11.3. The molecule has 0 aliphatic heterocycles. The van der Waals surface area contributed by atoms with Crippen LogP contribution in [0.3, 0.4) is 0 Å². The van der Waals surface area contributed by atoms with Crippen LogP contribution in [0.15, 0.2) is 22.7 Å². The van der Waals surface area contributed by atoms with Crippen LogP contribution in [0.5, 0.6) is 5.75 Å². The molecule has 19 heavy (non-hydrogen) atoms. The molecule has 0 radical (unpaired) electrons. The minimum atomic E-state index is -0.654. The highest BCUT2D eigenvalue weighted by molar-refractivity contribution is 9.10.